The molecule has 3 heterocycles. The molecular formula is C20H16N4. The van der Waals surface area contributed by atoms with E-state index >= 15 is 0 Å². The van der Waals surface area contributed by atoms with Crippen LogP contribution in [0.5, 0.6) is 0 Å². The van der Waals surface area contributed by atoms with Crippen molar-refractivity contribution in [2.45, 2.75) is 0 Å². The van der Waals surface area contributed by atoms with Gasteiger partial charge in [-0.05, 0) is 29.3 Å². The summed E-state index contributed by atoms with van der Waals surface area (Å²) in [6.07, 6.45) is 3.99. The Hall–Kier alpha value is -3.27. The van der Waals surface area contributed by atoms with Crippen molar-refractivity contribution in [2.75, 3.05) is 11.9 Å². The van der Waals surface area contributed by atoms with Crippen molar-refractivity contribution in [3.63, 3.8) is 0 Å². The van der Waals surface area contributed by atoms with Crippen LogP contribution in [-0.2, 0) is 0 Å². The number of aliphatic imine (C=N–C) groups is 1. The van der Waals surface area contributed by atoms with E-state index in [1.807, 2.05) is 18.5 Å². The van der Waals surface area contributed by atoms with E-state index in [0.29, 0.717) is 0 Å². The van der Waals surface area contributed by atoms with E-state index in [2.05, 4.69) is 63.8 Å². The summed E-state index contributed by atoms with van der Waals surface area (Å²) >= 11 is 0. The number of nitrogens with zero attached hydrogens (tertiary/aromatic N) is 1. The van der Waals surface area contributed by atoms with Crippen molar-refractivity contribution in [3.05, 3.63) is 72.6 Å². The van der Waals surface area contributed by atoms with Crippen molar-refractivity contribution >= 4 is 28.1 Å². The van der Waals surface area contributed by atoms with Crippen LogP contribution in [-0.4, -0.2) is 22.2 Å². The van der Waals surface area contributed by atoms with Gasteiger partial charge in [0.2, 0.25) is 0 Å². The Morgan fingerprint density at radius 2 is 1.79 bits per heavy atom. The number of aromatic nitrogens is 2. The molecule has 0 radical (unpaired) electrons. The fourth-order valence-electron chi connectivity index (χ4n) is 3.25. The molecule has 0 fully saturated rings. The van der Waals surface area contributed by atoms with Gasteiger partial charge in [0.15, 0.2) is 0 Å². The van der Waals surface area contributed by atoms with Crippen LogP contribution in [0.3, 0.4) is 0 Å². The van der Waals surface area contributed by atoms with E-state index in [1.165, 1.54) is 10.9 Å². The van der Waals surface area contributed by atoms with Crippen LogP contribution >= 0.6 is 0 Å². The second kappa shape index (κ2) is 5.13. The first kappa shape index (κ1) is 13.2. The fourth-order valence-corrected chi connectivity index (χ4v) is 3.25. The maximum Gasteiger partial charge on any atom is 0.130 e. The Morgan fingerprint density at radius 1 is 0.875 bits per heavy atom. The van der Waals surface area contributed by atoms with Crippen molar-refractivity contribution in [3.8, 4) is 11.1 Å². The minimum absolute atomic E-state index is 0.720. The van der Waals surface area contributed by atoms with Crippen molar-refractivity contribution in [1.29, 1.82) is 0 Å². The van der Waals surface area contributed by atoms with E-state index in [9.17, 15) is 0 Å². The van der Waals surface area contributed by atoms with E-state index in [4.69, 9.17) is 4.99 Å². The Balaban J connectivity index is 1.62. The summed E-state index contributed by atoms with van der Waals surface area (Å²) in [5, 5.41) is 4.66. The maximum atomic E-state index is 4.96. The van der Waals surface area contributed by atoms with Gasteiger partial charge in [-0.15, -0.1) is 0 Å². The summed E-state index contributed by atoms with van der Waals surface area (Å²) < 4.78 is 0. The molecule has 0 aliphatic carbocycles. The molecule has 0 atom stereocenters. The maximum absolute atomic E-state index is 4.96. The molecule has 1 aliphatic heterocycles. The molecular weight excluding hydrogens is 296 g/mol. The Labute approximate surface area is 139 Å². The smallest absolute Gasteiger partial charge is 0.130 e. The van der Waals surface area contributed by atoms with Gasteiger partial charge in [-0.1, -0.05) is 36.4 Å². The number of rotatable bonds is 2. The van der Waals surface area contributed by atoms with Gasteiger partial charge >= 0.3 is 0 Å². The number of aromatic amines is 2. The largest absolute Gasteiger partial charge is 0.364 e. The van der Waals surface area contributed by atoms with Crippen LogP contribution in [0.4, 0.5) is 11.5 Å². The first-order valence-electron chi connectivity index (χ1n) is 8.04. The summed E-state index contributed by atoms with van der Waals surface area (Å²) in [6.45, 7) is 0.720. The summed E-state index contributed by atoms with van der Waals surface area (Å²) in [6, 6.07) is 18.9. The SMILES string of the molecule is c1ccc(-c2c[nH]c3c2N=C(c2ccc4[nH]ccc4c2)CN3)cc1. The average molecular weight is 312 g/mol. The highest BCUT2D eigenvalue weighted by Crippen LogP contribution is 2.39. The number of hydrogen-bond acceptors (Lipinski definition) is 2. The molecule has 5 rings (SSSR count). The van der Waals surface area contributed by atoms with Gasteiger partial charge in [-0.2, -0.15) is 0 Å². The number of anilines is 1. The monoisotopic (exact) mass is 312 g/mol. The van der Waals surface area contributed by atoms with Crippen LogP contribution in [0.25, 0.3) is 22.0 Å². The zero-order valence-electron chi connectivity index (χ0n) is 13.0. The normalized spacial score (nSPS) is 13.4. The third kappa shape index (κ3) is 2.04. The first-order valence-corrected chi connectivity index (χ1v) is 8.04. The van der Waals surface area contributed by atoms with Gasteiger partial charge in [-0.3, -0.25) is 0 Å². The molecule has 4 nitrogen and oxygen atoms in total. The molecule has 0 bridgehead atoms. The highest BCUT2D eigenvalue weighted by Gasteiger charge is 2.18. The van der Waals surface area contributed by atoms with Gasteiger partial charge in [-0.25, -0.2) is 4.99 Å². The highest BCUT2D eigenvalue weighted by molar-refractivity contribution is 6.10. The minimum atomic E-state index is 0.720. The predicted molar refractivity (Wildman–Crippen MR) is 99.2 cm³/mol. The predicted octanol–water partition coefficient (Wildman–Crippen LogP) is 4.71. The lowest BCUT2D eigenvalue weighted by molar-refractivity contribution is 1.25. The Kier molecular flexibility index (Phi) is 2.82. The number of hydrogen-bond donors (Lipinski definition) is 3. The van der Waals surface area contributed by atoms with Gasteiger partial charge in [0.25, 0.3) is 0 Å². The second-order valence-corrected chi connectivity index (χ2v) is 5.98. The molecule has 0 amide bonds. The van der Waals surface area contributed by atoms with Gasteiger partial charge < -0.3 is 15.3 Å². The quantitative estimate of drug-likeness (QED) is 0.493. The number of fused-ring (bicyclic) bond motifs is 2. The van der Waals surface area contributed by atoms with Crippen LogP contribution < -0.4 is 5.32 Å². The molecule has 4 aromatic rings. The standard InChI is InChI=1S/C20H16N4/c1-2-4-13(5-3-1)16-11-22-20-19(16)24-18(12-23-20)14-6-7-17-15(10-14)8-9-21-17/h1-11,21-23H,12H2. The van der Waals surface area contributed by atoms with E-state index in [0.717, 1.165) is 40.4 Å². The summed E-state index contributed by atoms with van der Waals surface area (Å²) in [5.74, 6) is 0.986. The number of H-pyrrole nitrogens is 2. The molecule has 0 unspecified atom stereocenters. The topological polar surface area (TPSA) is 56.0 Å². The molecule has 24 heavy (non-hydrogen) atoms. The molecule has 0 saturated carbocycles. The highest BCUT2D eigenvalue weighted by atomic mass is 15.1. The van der Waals surface area contributed by atoms with Gasteiger partial charge in [0, 0.05) is 28.9 Å². The molecule has 3 N–H and O–H groups in total. The fraction of sp³-hybridized carbons (Fsp3) is 0.0500. The van der Waals surface area contributed by atoms with Crippen molar-refractivity contribution in [1.82, 2.24) is 9.97 Å². The van der Waals surface area contributed by atoms with Crippen LogP contribution in [0.15, 0.2) is 72.0 Å². The zero-order chi connectivity index (χ0) is 15.9. The molecule has 4 heteroatoms. The third-order valence-electron chi connectivity index (χ3n) is 4.50. The van der Waals surface area contributed by atoms with E-state index in [-0.39, 0.29) is 0 Å². The molecule has 2 aromatic carbocycles. The Morgan fingerprint density at radius 3 is 2.71 bits per heavy atom. The van der Waals surface area contributed by atoms with Crippen LogP contribution in [0, 0.1) is 0 Å². The lowest BCUT2D eigenvalue weighted by Crippen LogP contribution is -2.18. The summed E-state index contributed by atoms with van der Waals surface area (Å²) in [4.78, 5) is 11.5. The zero-order valence-corrected chi connectivity index (χ0v) is 13.0. The number of benzene rings is 2. The molecule has 1 aliphatic rings. The van der Waals surface area contributed by atoms with Crippen molar-refractivity contribution in [2.24, 2.45) is 4.99 Å². The molecule has 0 spiro atoms. The van der Waals surface area contributed by atoms with Gasteiger partial charge in [0.05, 0.1) is 12.3 Å². The van der Waals surface area contributed by atoms with Crippen molar-refractivity contribution < 1.29 is 0 Å². The minimum Gasteiger partial charge on any atom is -0.364 e. The lowest BCUT2D eigenvalue weighted by atomic mass is 10.0. The number of nitrogens with one attached hydrogen (secondary N) is 3. The average Bonchev–Trinajstić information content (AvgIpc) is 3.28. The lowest BCUT2D eigenvalue weighted by Gasteiger charge is -2.16. The van der Waals surface area contributed by atoms with Crippen LogP contribution in [0.2, 0.25) is 0 Å². The van der Waals surface area contributed by atoms with E-state index < -0.39 is 0 Å². The second-order valence-electron chi connectivity index (χ2n) is 5.98. The summed E-state index contributed by atoms with van der Waals surface area (Å²) in [7, 11) is 0. The summed E-state index contributed by atoms with van der Waals surface area (Å²) in [5.41, 5.74) is 6.63. The van der Waals surface area contributed by atoms with Gasteiger partial charge in [0.1, 0.15) is 11.5 Å². The third-order valence-corrected chi connectivity index (χ3v) is 4.50. The molecule has 2 aromatic heterocycles. The molecule has 0 saturated heterocycles. The molecule has 116 valence electrons. The Bertz CT molecular complexity index is 1050. The van der Waals surface area contributed by atoms with Crippen LogP contribution in [0.1, 0.15) is 5.56 Å². The van der Waals surface area contributed by atoms with E-state index in [1.54, 1.807) is 0 Å². The first-order chi connectivity index (χ1) is 11.9.